The number of aliphatic carboxylic acids is 1. The van der Waals surface area contributed by atoms with Gasteiger partial charge in [0.2, 0.25) is 0 Å². The molecule has 0 aromatic rings. The molecule has 0 spiro atoms. The van der Waals surface area contributed by atoms with Crippen LogP contribution >= 0.6 is 7.82 Å². The number of allylic oxidation sites excluding steroid dienone is 16. The van der Waals surface area contributed by atoms with E-state index in [1.807, 2.05) is 6.08 Å². The van der Waals surface area contributed by atoms with Crippen LogP contribution in [0.3, 0.4) is 0 Å². The number of esters is 1. The van der Waals surface area contributed by atoms with E-state index >= 15 is 0 Å². The van der Waals surface area contributed by atoms with Gasteiger partial charge in [-0.15, -0.1) is 0 Å². The van der Waals surface area contributed by atoms with Crippen LogP contribution < -0.4 is 5.73 Å². The standard InChI is InChI=1S/C46H76NO9P/c1-3-5-7-9-11-13-15-17-18-19-20-21-22-23-24-25-26-27-28-30-32-34-36-38-45(48)56-43(41-54-57(51,52)55-42-44(47)46(49)50)40-53-39-37-35-33-31-29-16-14-12-10-8-6-4-2/h5,7,10-13,17-18,20-21,23-24,26-27,30,32,43-44H,3-4,6,8-9,14-16,19,22,25,28-29,31,33-42,47H2,1-2H3,(H,49,50)(H,51,52)/b7-5-,12-10-,13-11-,18-17-,21-20-,24-23-,27-26-,32-30-. The zero-order chi connectivity index (χ0) is 41.9. The predicted molar refractivity (Wildman–Crippen MR) is 235 cm³/mol. The highest BCUT2D eigenvalue weighted by molar-refractivity contribution is 7.47. The van der Waals surface area contributed by atoms with E-state index in [2.05, 4.69) is 105 Å². The van der Waals surface area contributed by atoms with Crippen LogP contribution in [-0.2, 0) is 32.7 Å². The predicted octanol–water partition coefficient (Wildman–Crippen LogP) is 11.8. The third-order valence-electron chi connectivity index (χ3n) is 8.35. The van der Waals surface area contributed by atoms with Gasteiger partial charge in [-0.2, -0.15) is 0 Å². The second-order valence-electron chi connectivity index (χ2n) is 13.7. The fourth-order valence-electron chi connectivity index (χ4n) is 5.04. The number of carboxylic acid groups (broad SMARTS) is 1. The number of ether oxygens (including phenoxy) is 2. The average molecular weight is 818 g/mol. The van der Waals surface area contributed by atoms with Crippen molar-refractivity contribution in [3.05, 3.63) is 97.2 Å². The SMILES string of the molecule is CC/C=C\C/C=C\C/C=C\C/C=C\C/C=C\C/C=C\C/C=C\CCCC(=O)OC(COCCCCCCCC/C=C\CCCC)COP(=O)(O)OCC(N)C(=O)O. The highest BCUT2D eigenvalue weighted by Crippen LogP contribution is 2.43. The first-order chi connectivity index (χ1) is 27.7. The third-order valence-corrected chi connectivity index (χ3v) is 9.30. The fraction of sp³-hybridized carbons (Fsp3) is 0.609. The lowest BCUT2D eigenvalue weighted by atomic mass is 10.1. The second-order valence-corrected chi connectivity index (χ2v) is 15.2. The molecule has 0 saturated heterocycles. The number of carbonyl (C=O) groups is 2. The Morgan fingerprint density at radius 2 is 1.02 bits per heavy atom. The molecular weight excluding hydrogens is 741 g/mol. The maximum Gasteiger partial charge on any atom is 0.472 e. The van der Waals surface area contributed by atoms with E-state index in [1.54, 1.807) is 0 Å². The molecule has 0 aromatic carbocycles. The third kappa shape index (κ3) is 40.9. The Labute approximate surface area is 345 Å². The van der Waals surface area contributed by atoms with Gasteiger partial charge in [0.1, 0.15) is 12.1 Å². The molecule has 0 fully saturated rings. The van der Waals surface area contributed by atoms with Crippen molar-refractivity contribution in [2.45, 2.75) is 154 Å². The molecule has 0 aromatic heterocycles. The summed E-state index contributed by atoms with van der Waals surface area (Å²) in [6.07, 6.45) is 53.3. The maximum atomic E-state index is 12.6. The smallest absolute Gasteiger partial charge is 0.472 e. The molecule has 57 heavy (non-hydrogen) atoms. The molecule has 0 radical (unpaired) electrons. The topological polar surface area (TPSA) is 155 Å². The minimum absolute atomic E-state index is 0.0173. The monoisotopic (exact) mass is 818 g/mol. The molecule has 0 amide bonds. The van der Waals surface area contributed by atoms with Crippen LogP contribution in [0.25, 0.3) is 0 Å². The van der Waals surface area contributed by atoms with Gasteiger partial charge in [-0.1, -0.05) is 150 Å². The van der Waals surface area contributed by atoms with Crippen LogP contribution in [0.4, 0.5) is 0 Å². The number of hydrogen-bond acceptors (Lipinski definition) is 8. The van der Waals surface area contributed by atoms with Gasteiger partial charge in [0, 0.05) is 13.0 Å². The number of unbranched alkanes of at least 4 members (excludes halogenated alkanes) is 9. The lowest BCUT2D eigenvalue weighted by Gasteiger charge is -2.20. The molecule has 0 aliphatic rings. The van der Waals surface area contributed by atoms with E-state index in [1.165, 1.54) is 38.5 Å². The van der Waals surface area contributed by atoms with Crippen molar-refractivity contribution in [3.63, 3.8) is 0 Å². The van der Waals surface area contributed by atoms with Crippen molar-refractivity contribution >= 4 is 19.8 Å². The van der Waals surface area contributed by atoms with Crippen LogP contribution in [0.1, 0.15) is 142 Å². The minimum atomic E-state index is -4.64. The van der Waals surface area contributed by atoms with E-state index in [4.69, 9.17) is 29.4 Å². The summed E-state index contributed by atoms with van der Waals surface area (Å²) in [4.78, 5) is 33.5. The van der Waals surface area contributed by atoms with Crippen molar-refractivity contribution in [3.8, 4) is 0 Å². The molecule has 11 heteroatoms. The van der Waals surface area contributed by atoms with E-state index in [0.717, 1.165) is 70.6 Å². The Bertz CT molecular complexity index is 1270. The van der Waals surface area contributed by atoms with Crippen LogP contribution in [0.5, 0.6) is 0 Å². The van der Waals surface area contributed by atoms with Gasteiger partial charge in [0.05, 0.1) is 19.8 Å². The van der Waals surface area contributed by atoms with Crippen LogP contribution in [0.2, 0.25) is 0 Å². The minimum Gasteiger partial charge on any atom is -0.480 e. The lowest BCUT2D eigenvalue weighted by molar-refractivity contribution is -0.154. The number of carbonyl (C=O) groups excluding carboxylic acids is 1. The quantitative estimate of drug-likeness (QED) is 0.0236. The van der Waals surface area contributed by atoms with Gasteiger partial charge in [-0.3, -0.25) is 18.6 Å². The lowest BCUT2D eigenvalue weighted by Crippen LogP contribution is -2.34. The second kappa shape index (κ2) is 41.1. The highest BCUT2D eigenvalue weighted by Gasteiger charge is 2.27. The van der Waals surface area contributed by atoms with E-state index in [-0.39, 0.29) is 13.0 Å². The van der Waals surface area contributed by atoms with E-state index in [9.17, 15) is 19.0 Å². The largest absolute Gasteiger partial charge is 0.480 e. The Morgan fingerprint density at radius 3 is 1.54 bits per heavy atom. The Morgan fingerprint density at radius 1 is 0.579 bits per heavy atom. The van der Waals surface area contributed by atoms with E-state index in [0.29, 0.717) is 19.4 Å². The molecule has 4 N–H and O–H groups in total. The fourth-order valence-corrected chi connectivity index (χ4v) is 5.82. The Balaban J connectivity index is 4.38. The molecule has 10 nitrogen and oxygen atoms in total. The number of rotatable bonds is 39. The van der Waals surface area contributed by atoms with Gasteiger partial charge in [0.25, 0.3) is 0 Å². The van der Waals surface area contributed by atoms with Gasteiger partial charge in [-0.25, -0.2) is 4.57 Å². The zero-order valence-electron chi connectivity index (χ0n) is 35.1. The number of phosphoric ester groups is 1. The average Bonchev–Trinajstić information content (AvgIpc) is 3.19. The van der Waals surface area contributed by atoms with Gasteiger partial charge < -0.3 is 25.2 Å². The maximum absolute atomic E-state index is 12.6. The van der Waals surface area contributed by atoms with Crippen LogP contribution in [0, 0.1) is 0 Å². The van der Waals surface area contributed by atoms with Crippen molar-refractivity contribution in [2.75, 3.05) is 26.4 Å². The Hall–Kier alpha value is -3.11. The van der Waals surface area contributed by atoms with Gasteiger partial charge in [-0.05, 0) is 83.5 Å². The number of carboxylic acids is 1. The van der Waals surface area contributed by atoms with Crippen molar-refractivity contribution in [2.24, 2.45) is 5.73 Å². The number of hydrogen-bond donors (Lipinski definition) is 3. The molecule has 324 valence electrons. The summed E-state index contributed by atoms with van der Waals surface area (Å²) < 4.78 is 33.2. The van der Waals surface area contributed by atoms with Crippen LogP contribution in [0.15, 0.2) is 97.2 Å². The molecule has 0 saturated carbocycles. The molecule has 3 unspecified atom stereocenters. The van der Waals surface area contributed by atoms with Crippen molar-refractivity contribution in [1.29, 1.82) is 0 Å². The zero-order valence-corrected chi connectivity index (χ0v) is 36.0. The first-order valence-corrected chi connectivity index (χ1v) is 22.8. The molecule has 0 heterocycles. The van der Waals surface area contributed by atoms with Crippen molar-refractivity contribution in [1.82, 2.24) is 0 Å². The first kappa shape index (κ1) is 53.9. The summed E-state index contributed by atoms with van der Waals surface area (Å²) >= 11 is 0. The molecule has 3 atom stereocenters. The molecular formula is C46H76NO9P. The number of phosphoric acid groups is 1. The molecule has 0 aliphatic heterocycles. The van der Waals surface area contributed by atoms with E-state index < -0.39 is 45.1 Å². The Kier molecular flexibility index (Phi) is 38.8. The summed E-state index contributed by atoms with van der Waals surface area (Å²) in [7, 11) is -4.64. The summed E-state index contributed by atoms with van der Waals surface area (Å²) in [5.74, 6) is -1.85. The van der Waals surface area contributed by atoms with Crippen molar-refractivity contribution < 1.29 is 42.7 Å². The summed E-state index contributed by atoms with van der Waals surface area (Å²) in [5, 5.41) is 8.88. The summed E-state index contributed by atoms with van der Waals surface area (Å²) in [6, 6.07) is -1.49. The van der Waals surface area contributed by atoms with Crippen LogP contribution in [-0.4, -0.2) is 60.5 Å². The summed E-state index contributed by atoms with van der Waals surface area (Å²) in [6.45, 7) is 3.61. The number of nitrogens with two attached hydrogens (primary N) is 1. The summed E-state index contributed by atoms with van der Waals surface area (Å²) in [5.41, 5.74) is 5.34. The van der Waals surface area contributed by atoms with Gasteiger partial charge in [0.15, 0.2) is 0 Å². The normalized spacial score (nSPS) is 14.9. The van der Waals surface area contributed by atoms with Gasteiger partial charge >= 0.3 is 19.8 Å². The molecule has 0 bridgehead atoms. The first-order valence-electron chi connectivity index (χ1n) is 21.3. The highest BCUT2D eigenvalue weighted by atomic mass is 31.2. The molecule has 0 aliphatic carbocycles. The molecule has 0 rings (SSSR count).